The van der Waals surface area contributed by atoms with Gasteiger partial charge in [0.05, 0.1) is 11.8 Å². The van der Waals surface area contributed by atoms with Crippen molar-refractivity contribution < 1.29 is 0 Å². The number of nitrogen functional groups attached to an aromatic ring is 1. The van der Waals surface area contributed by atoms with Crippen LogP contribution in [0.25, 0.3) is 11.4 Å². The highest BCUT2D eigenvalue weighted by Gasteiger charge is 2.20. The highest BCUT2D eigenvalue weighted by atomic mass is 15.3. The van der Waals surface area contributed by atoms with Crippen molar-refractivity contribution in [2.45, 2.75) is 38.1 Å². The Labute approximate surface area is 99.2 Å². The zero-order valence-electron chi connectivity index (χ0n) is 9.63. The van der Waals surface area contributed by atoms with Crippen molar-refractivity contribution in [2.75, 3.05) is 5.73 Å². The summed E-state index contributed by atoms with van der Waals surface area (Å²) in [4.78, 5) is 0. The van der Waals surface area contributed by atoms with Gasteiger partial charge in [0.2, 0.25) is 0 Å². The Morgan fingerprint density at radius 2 is 2.12 bits per heavy atom. The number of aromatic amines is 1. The molecule has 1 saturated carbocycles. The van der Waals surface area contributed by atoms with Crippen molar-refractivity contribution in [1.82, 2.24) is 25.0 Å². The molecule has 3 N–H and O–H groups in total. The van der Waals surface area contributed by atoms with E-state index in [9.17, 15) is 0 Å². The smallest absolute Gasteiger partial charge is 0.169 e. The molecule has 0 spiro atoms. The number of nitrogens with zero attached hydrogens (tertiary/aromatic N) is 4. The predicted octanol–water partition coefficient (Wildman–Crippen LogP) is 1.76. The maximum Gasteiger partial charge on any atom is 0.169 e. The first-order valence-corrected chi connectivity index (χ1v) is 6.05. The Morgan fingerprint density at radius 3 is 2.82 bits per heavy atom. The molecule has 0 saturated heterocycles. The van der Waals surface area contributed by atoms with Crippen LogP contribution in [0.5, 0.6) is 0 Å². The zero-order chi connectivity index (χ0) is 11.7. The molecule has 6 heteroatoms. The van der Waals surface area contributed by atoms with Crippen molar-refractivity contribution >= 4 is 5.82 Å². The van der Waals surface area contributed by atoms with Crippen LogP contribution in [0.3, 0.4) is 0 Å². The molecule has 0 bridgehead atoms. The number of nitrogens with one attached hydrogen (secondary N) is 1. The molecule has 1 aliphatic carbocycles. The van der Waals surface area contributed by atoms with Crippen molar-refractivity contribution in [3.63, 3.8) is 0 Å². The number of anilines is 1. The van der Waals surface area contributed by atoms with Gasteiger partial charge >= 0.3 is 0 Å². The second-order valence-corrected chi connectivity index (χ2v) is 4.55. The summed E-state index contributed by atoms with van der Waals surface area (Å²) in [5.41, 5.74) is 6.67. The minimum Gasteiger partial charge on any atom is -0.383 e. The van der Waals surface area contributed by atoms with Crippen molar-refractivity contribution in [1.29, 1.82) is 0 Å². The van der Waals surface area contributed by atoms with Gasteiger partial charge in [-0.25, -0.2) is 0 Å². The first-order valence-electron chi connectivity index (χ1n) is 6.05. The number of rotatable bonds is 2. The second-order valence-electron chi connectivity index (χ2n) is 4.55. The van der Waals surface area contributed by atoms with Gasteiger partial charge in [0, 0.05) is 6.04 Å². The molecular weight excluding hydrogens is 216 g/mol. The minimum atomic E-state index is 0.503. The molecule has 2 aromatic rings. The molecule has 0 aromatic carbocycles. The summed E-state index contributed by atoms with van der Waals surface area (Å²) in [6.07, 6.45) is 9.80. The quantitative estimate of drug-likeness (QED) is 0.826. The van der Waals surface area contributed by atoms with Gasteiger partial charge in [-0.15, -0.1) is 10.2 Å². The molecule has 0 radical (unpaired) electrons. The zero-order valence-corrected chi connectivity index (χ0v) is 9.63. The van der Waals surface area contributed by atoms with Crippen LogP contribution in [0.15, 0.2) is 12.5 Å². The lowest BCUT2D eigenvalue weighted by atomic mass is 9.95. The van der Waals surface area contributed by atoms with Crippen LogP contribution in [0.4, 0.5) is 5.82 Å². The normalized spacial score (nSPS) is 17.4. The monoisotopic (exact) mass is 232 g/mol. The maximum absolute atomic E-state index is 5.83. The average Bonchev–Trinajstić information content (AvgIpc) is 2.98. The van der Waals surface area contributed by atoms with Crippen LogP contribution in [-0.4, -0.2) is 25.0 Å². The Kier molecular flexibility index (Phi) is 2.55. The highest BCUT2D eigenvalue weighted by Crippen LogP contribution is 2.32. The third kappa shape index (κ3) is 1.79. The van der Waals surface area contributed by atoms with Crippen molar-refractivity contribution in [3.05, 3.63) is 12.5 Å². The minimum absolute atomic E-state index is 0.503. The molecular formula is C11H16N6. The molecule has 2 heterocycles. The Morgan fingerprint density at radius 1 is 1.29 bits per heavy atom. The van der Waals surface area contributed by atoms with Crippen molar-refractivity contribution in [3.8, 4) is 11.4 Å². The van der Waals surface area contributed by atoms with E-state index in [1.165, 1.54) is 32.1 Å². The SMILES string of the molecule is Nc1[nH]ncc1-c1nncn1C1CCCCC1. The van der Waals surface area contributed by atoms with E-state index < -0.39 is 0 Å². The Bertz CT molecular complexity index is 494. The average molecular weight is 232 g/mol. The first kappa shape index (κ1) is 10.3. The summed E-state index contributed by atoms with van der Waals surface area (Å²) < 4.78 is 2.14. The summed E-state index contributed by atoms with van der Waals surface area (Å²) >= 11 is 0. The van der Waals surface area contributed by atoms with E-state index in [-0.39, 0.29) is 0 Å². The molecule has 1 aliphatic rings. The van der Waals surface area contributed by atoms with Gasteiger partial charge in [-0.3, -0.25) is 5.10 Å². The van der Waals surface area contributed by atoms with E-state index in [0.717, 1.165) is 11.4 Å². The van der Waals surface area contributed by atoms with Crippen LogP contribution in [0.2, 0.25) is 0 Å². The molecule has 90 valence electrons. The number of hydrogen-bond acceptors (Lipinski definition) is 4. The van der Waals surface area contributed by atoms with E-state index in [2.05, 4.69) is 25.0 Å². The lowest BCUT2D eigenvalue weighted by molar-refractivity contribution is 0.355. The van der Waals surface area contributed by atoms with Gasteiger partial charge in [-0.2, -0.15) is 5.10 Å². The van der Waals surface area contributed by atoms with Crippen molar-refractivity contribution in [2.24, 2.45) is 0 Å². The molecule has 2 aromatic heterocycles. The number of aromatic nitrogens is 5. The largest absolute Gasteiger partial charge is 0.383 e. The number of hydrogen-bond donors (Lipinski definition) is 2. The van der Waals surface area contributed by atoms with Crippen LogP contribution in [0, 0.1) is 0 Å². The summed E-state index contributed by atoms with van der Waals surface area (Å²) in [6, 6.07) is 0.503. The lowest BCUT2D eigenvalue weighted by Crippen LogP contribution is -2.13. The molecule has 0 atom stereocenters. The third-order valence-corrected chi connectivity index (χ3v) is 3.45. The summed E-state index contributed by atoms with van der Waals surface area (Å²) in [6.45, 7) is 0. The predicted molar refractivity (Wildman–Crippen MR) is 64.1 cm³/mol. The van der Waals surface area contributed by atoms with Crippen LogP contribution < -0.4 is 5.73 Å². The molecule has 17 heavy (non-hydrogen) atoms. The fraction of sp³-hybridized carbons (Fsp3) is 0.545. The van der Waals surface area contributed by atoms with Gasteiger partial charge in [-0.05, 0) is 12.8 Å². The maximum atomic E-state index is 5.83. The first-order chi connectivity index (χ1) is 8.36. The van der Waals surface area contributed by atoms with Crippen LogP contribution in [-0.2, 0) is 0 Å². The Hall–Kier alpha value is -1.85. The van der Waals surface area contributed by atoms with E-state index in [4.69, 9.17) is 5.73 Å². The lowest BCUT2D eigenvalue weighted by Gasteiger charge is -2.23. The van der Waals surface area contributed by atoms with Gasteiger partial charge in [0.1, 0.15) is 12.1 Å². The van der Waals surface area contributed by atoms with Gasteiger partial charge < -0.3 is 10.3 Å². The standard InChI is InChI=1S/C11H16N6/c12-10-9(6-13-15-10)11-16-14-7-17(11)8-4-2-1-3-5-8/h6-8H,1-5H2,(H3,12,13,15). The molecule has 0 unspecified atom stereocenters. The third-order valence-electron chi connectivity index (χ3n) is 3.45. The van der Waals surface area contributed by atoms with E-state index in [1.54, 1.807) is 12.5 Å². The molecule has 6 nitrogen and oxygen atoms in total. The summed E-state index contributed by atoms with van der Waals surface area (Å²) in [5, 5.41) is 14.8. The summed E-state index contributed by atoms with van der Waals surface area (Å²) in [7, 11) is 0. The number of H-pyrrole nitrogens is 1. The van der Waals surface area contributed by atoms with E-state index in [0.29, 0.717) is 11.9 Å². The highest BCUT2D eigenvalue weighted by molar-refractivity contribution is 5.67. The second kappa shape index (κ2) is 4.20. The number of nitrogens with two attached hydrogens (primary N) is 1. The fourth-order valence-electron chi connectivity index (χ4n) is 2.54. The van der Waals surface area contributed by atoms with E-state index in [1.807, 2.05) is 0 Å². The molecule has 3 rings (SSSR count). The molecule has 0 amide bonds. The van der Waals surface area contributed by atoms with Crippen LogP contribution in [0.1, 0.15) is 38.1 Å². The Balaban J connectivity index is 1.96. The topological polar surface area (TPSA) is 85.4 Å². The van der Waals surface area contributed by atoms with Gasteiger partial charge in [-0.1, -0.05) is 19.3 Å². The van der Waals surface area contributed by atoms with Gasteiger partial charge in [0.15, 0.2) is 5.82 Å². The van der Waals surface area contributed by atoms with E-state index >= 15 is 0 Å². The van der Waals surface area contributed by atoms with Crippen LogP contribution >= 0.6 is 0 Å². The van der Waals surface area contributed by atoms with Gasteiger partial charge in [0.25, 0.3) is 0 Å². The fourth-order valence-corrected chi connectivity index (χ4v) is 2.54. The summed E-state index contributed by atoms with van der Waals surface area (Å²) in [5.74, 6) is 1.37. The molecule has 1 fully saturated rings. The molecule has 0 aliphatic heterocycles.